The Hall–Kier alpha value is -2.10. The zero-order valence-corrected chi connectivity index (χ0v) is 12.1. The van der Waals surface area contributed by atoms with Gasteiger partial charge in [-0.1, -0.05) is 32.9 Å². The molecule has 1 aromatic rings. The molecule has 4 heteroatoms. The molecule has 4 nitrogen and oxygen atoms in total. The minimum Gasteiger partial charge on any atom is -0.507 e. The van der Waals surface area contributed by atoms with E-state index in [0.717, 1.165) is 23.6 Å². The average molecular weight is 276 g/mol. The molecule has 1 rings (SSSR count). The second-order valence-electron chi connectivity index (χ2n) is 4.55. The molecule has 0 aliphatic heterocycles. The first-order valence-corrected chi connectivity index (χ1v) is 6.77. The second-order valence-corrected chi connectivity index (χ2v) is 4.55. The van der Waals surface area contributed by atoms with E-state index < -0.39 is 11.8 Å². The summed E-state index contributed by atoms with van der Waals surface area (Å²) in [5.74, 6) is -2.96. The van der Waals surface area contributed by atoms with Gasteiger partial charge in [0.05, 0.1) is 0 Å². The van der Waals surface area contributed by atoms with Crippen LogP contribution in [0.5, 0.6) is 0 Å². The van der Waals surface area contributed by atoms with Gasteiger partial charge < -0.3 is 10.2 Å². The number of aliphatic hydroxyl groups is 1. The number of benzene rings is 1. The van der Waals surface area contributed by atoms with Crippen LogP contribution in [-0.4, -0.2) is 22.0 Å². The molecule has 0 fully saturated rings. The molecule has 0 aliphatic rings. The highest BCUT2D eigenvalue weighted by Gasteiger charge is 2.16. The van der Waals surface area contributed by atoms with Crippen molar-refractivity contribution in [2.45, 2.75) is 40.0 Å². The predicted molar refractivity (Wildman–Crippen MR) is 77.8 cm³/mol. The van der Waals surface area contributed by atoms with Crippen molar-refractivity contribution in [3.63, 3.8) is 0 Å². The van der Waals surface area contributed by atoms with Gasteiger partial charge in [0.25, 0.3) is 5.78 Å². The van der Waals surface area contributed by atoms with Gasteiger partial charge in [0.15, 0.2) is 0 Å². The lowest BCUT2D eigenvalue weighted by Crippen LogP contribution is -2.10. The van der Waals surface area contributed by atoms with Crippen LogP contribution < -0.4 is 0 Å². The van der Waals surface area contributed by atoms with Crippen molar-refractivity contribution in [3.8, 4) is 0 Å². The summed E-state index contributed by atoms with van der Waals surface area (Å²) in [6.07, 6.45) is 3.07. The van der Waals surface area contributed by atoms with Crippen LogP contribution in [0, 0.1) is 0 Å². The molecule has 0 saturated heterocycles. The van der Waals surface area contributed by atoms with Gasteiger partial charge in [-0.2, -0.15) is 0 Å². The molecular formula is C16H20O4. The molecule has 0 unspecified atom stereocenters. The number of rotatable bonds is 6. The molecule has 0 aliphatic carbocycles. The summed E-state index contributed by atoms with van der Waals surface area (Å²) in [5, 5.41) is 18.7. The van der Waals surface area contributed by atoms with Crippen LogP contribution in [0.4, 0.5) is 0 Å². The molecule has 2 N–H and O–H groups in total. The largest absolute Gasteiger partial charge is 0.507 e. The highest BCUT2D eigenvalue weighted by Crippen LogP contribution is 2.25. The summed E-state index contributed by atoms with van der Waals surface area (Å²) in [6, 6.07) is 3.98. The summed E-state index contributed by atoms with van der Waals surface area (Å²) in [6.45, 7) is 5.98. The first-order chi connectivity index (χ1) is 9.44. The molecule has 0 aromatic heterocycles. The Morgan fingerprint density at radius 2 is 1.50 bits per heavy atom. The standard InChI is InChI=1S/C16H20O4/c1-4-10-7-11(5-2)15(12(6-3)8-10)13(17)9-14(18)16(19)20/h7-9,17H,4-6H2,1-3H3,(H,19,20)/b13-9-. The second kappa shape index (κ2) is 6.89. The fourth-order valence-corrected chi connectivity index (χ4v) is 2.19. The lowest BCUT2D eigenvalue weighted by atomic mass is 9.92. The zero-order chi connectivity index (χ0) is 15.3. The van der Waals surface area contributed by atoms with Gasteiger partial charge in [-0.3, -0.25) is 4.79 Å². The lowest BCUT2D eigenvalue weighted by molar-refractivity contribution is -0.146. The number of aryl methyl sites for hydroxylation is 3. The first kappa shape index (κ1) is 16.0. The molecule has 1 aromatic carbocycles. The number of carbonyl (C=O) groups excluding carboxylic acids is 1. The Morgan fingerprint density at radius 3 is 1.85 bits per heavy atom. The number of aliphatic hydroxyl groups excluding tert-OH is 1. The molecule has 0 atom stereocenters. The van der Waals surface area contributed by atoms with E-state index in [9.17, 15) is 14.7 Å². The molecular weight excluding hydrogens is 256 g/mol. The third-order valence-electron chi connectivity index (χ3n) is 3.27. The van der Waals surface area contributed by atoms with E-state index in [4.69, 9.17) is 5.11 Å². The van der Waals surface area contributed by atoms with Crippen molar-refractivity contribution in [2.24, 2.45) is 0 Å². The van der Waals surface area contributed by atoms with Crippen molar-refractivity contribution in [1.82, 2.24) is 0 Å². The maximum Gasteiger partial charge on any atom is 0.376 e. The van der Waals surface area contributed by atoms with Gasteiger partial charge in [0.2, 0.25) is 0 Å². The van der Waals surface area contributed by atoms with Crippen LogP contribution in [0.15, 0.2) is 18.2 Å². The highest BCUT2D eigenvalue weighted by molar-refractivity contribution is 6.38. The van der Waals surface area contributed by atoms with Crippen molar-refractivity contribution in [2.75, 3.05) is 0 Å². The normalized spacial score (nSPS) is 11.4. The van der Waals surface area contributed by atoms with Gasteiger partial charge in [-0.25, -0.2) is 4.79 Å². The molecule has 0 spiro atoms. The monoisotopic (exact) mass is 276 g/mol. The Balaban J connectivity index is 3.42. The fourth-order valence-electron chi connectivity index (χ4n) is 2.19. The van der Waals surface area contributed by atoms with Crippen LogP contribution in [0.25, 0.3) is 5.76 Å². The first-order valence-electron chi connectivity index (χ1n) is 6.77. The molecule has 20 heavy (non-hydrogen) atoms. The Morgan fingerprint density at radius 1 is 1.00 bits per heavy atom. The highest BCUT2D eigenvalue weighted by atomic mass is 16.4. The third kappa shape index (κ3) is 3.47. The number of aliphatic carboxylic acids is 1. The minimum atomic E-state index is -1.57. The molecule has 0 saturated carbocycles. The predicted octanol–water partition coefficient (Wildman–Crippen LogP) is 2.93. The van der Waals surface area contributed by atoms with E-state index in [0.29, 0.717) is 18.4 Å². The van der Waals surface area contributed by atoms with E-state index in [-0.39, 0.29) is 5.76 Å². The van der Waals surface area contributed by atoms with E-state index in [1.54, 1.807) is 0 Å². The number of hydrogen-bond donors (Lipinski definition) is 2. The summed E-state index contributed by atoms with van der Waals surface area (Å²) in [4.78, 5) is 21.8. The molecule has 0 bridgehead atoms. The van der Waals surface area contributed by atoms with Gasteiger partial charge in [0, 0.05) is 11.6 Å². The van der Waals surface area contributed by atoms with Gasteiger partial charge in [-0.05, 0) is 36.0 Å². The van der Waals surface area contributed by atoms with Gasteiger partial charge >= 0.3 is 5.97 Å². The smallest absolute Gasteiger partial charge is 0.376 e. The number of carbonyl (C=O) groups is 2. The Bertz CT molecular complexity index is 531. The lowest BCUT2D eigenvalue weighted by Gasteiger charge is -2.14. The molecule has 0 radical (unpaired) electrons. The quantitative estimate of drug-likeness (QED) is 0.476. The van der Waals surface area contributed by atoms with Crippen molar-refractivity contribution in [1.29, 1.82) is 0 Å². The average Bonchev–Trinajstić information content (AvgIpc) is 2.45. The van der Waals surface area contributed by atoms with Crippen LogP contribution >= 0.6 is 0 Å². The van der Waals surface area contributed by atoms with E-state index in [1.807, 2.05) is 26.0 Å². The number of hydrogen-bond acceptors (Lipinski definition) is 3. The maximum atomic E-state index is 11.2. The molecule has 108 valence electrons. The maximum absolute atomic E-state index is 11.2. The Labute approximate surface area is 118 Å². The van der Waals surface area contributed by atoms with Gasteiger partial charge in [-0.15, -0.1) is 0 Å². The summed E-state index contributed by atoms with van der Waals surface area (Å²) in [5.41, 5.74) is 3.60. The van der Waals surface area contributed by atoms with Crippen LogP contribution in [0.3, 0.4) is 0 Å². The molecule has 0 amide bonds. The van der Waals surface area contributed by atoms with Gasteiger partial charge in [0.1, 0.15) is 5.76 Å². The fraction of sp³-hybridized carbons (Fsp3) is 0.375. The summed E-state index contributed by atoms with van der Waals surface area (Å²) in [7, 11) is 0. The number of ketones is 1. The summed E-state index contributed by atoms with van der Waals surface area (Å²) < 4.78 is 0. The SMILES string of the molecule is CCc1cc(CC)c(/C(O)=C/C(=O)C(=O)O)c(CC)c1. The van der Waals surface area contributed by atoms with Crippen molar-refractivity contribution >= 4 is 17.5 Å². The topological polar surface area (TPSA) is 74.6 Å². The van der Waals surface area contributed by atoms with Crippen LogP contribution in [0.1, 0.15) is 43.0 Å². The summed E-state index contributed by atoms with van der Waals surface area (Å²) >= 11 is 0. The van der Waals surface area contributed by atoms with Crippen molar-refractivity contribution in [3.05, 3.63) is 40.5 Å². The van der Waals surface area contributed by atoms with Crippen LogP contribution in [-0.2, 0) is 28.9 Å². The third-order valence-corrected chi connectivity index (χ3v) is 3.27. The molecule has 0 heterocycles. The number of carboxylic acid groups (broad SMARTS) is 1. The van der Waals surface area contributed by atoms with Crippen LogP contribution in [0.2, 0.25) is 0 Å². The van der Waals surface area contributed by atoms with Crippen molar-refractivity contribution < 1.29 is 19.8 Å². The minimum absolute atomic E-state index is 0.270. The van der Waals surface area contributed by atoms with E-state index in [2.05, 4.69) is 6.92 Å². The Kier molecular flexibility index (Phi) is 5.50. The van der Waals surface area contributed by atoms with E-state index >= 15 is 0 Å². The number of carboxylic acids is 1. The zero-order valence-electron chi connectivity index (χ0n) is 12.1. The van der Waals surface area contributed by atoms with E-state index in [1.165, 1.54) is 5.56 Å².